The molecule has 1 N–H and O–H groups in total. The van der Waals surface area contributed by atoms with E-state index in [2.05, 4.69) is 57.1 Å². The molecule has 194 valence electrons. The number of hydrogen-bond acceptors (Lipinski definition) is 5. The van der Waals surface area contributed by atoms with Gasteiger partial charge >= 0.3 is 0 Å². The van der Waals surface area contributed by atoms with Crippen LogP contribution in [0, 0.1) is 0 Å². The molecule has 36 heavy (non-hydrogen) atoms. The zero-order chi connectivity index (χ0) is 24.3. The minimum absolute atomic E-state index is 0. The summed E-state index contributed by atoms with van der Waals surface area (Å²) in [5.74, 6) is 1.21. The number of benzene rings is 2. The molecule has 5 rings (SSSR count). The summed E-state index contributed by atoms with van der Waals surface area (Å²) in [4.78, 5) is 6.61. The third-order valence-corrected chi connectivity index (χ3v) is 8.56. The Morgan fingerprint density at radius 2 is 1.89 bits per heavy atom. The molecule has 9 heteroatoms. The Morgan fingerprint density at radius 3 is 2.61 bits per heavy atom. The minimum atomic E-state index is -3.64. The van der Waals surface area contributed by atoms with Crippen molar-refractivity contribution in [3.63, 3.8) is 0 Å². The molecule has 0 saturated carbocycles. The van der Waals surface area contributed by atoms with Crippen molar-refractivity contribution in [1.29, 1.82) is 0 Å². The Hall–Kier alpha value is -2.39. The quantitative estimate of drug-likeness (QED) is 0.424. The van der Waals surface area contributed by atoms with Crippen molar-refractivity contribution < 1.29 is 13.2 Å². The predicted octanol–water partition coefficient (Wildman–Crippen LogP) is 3.94. The molecule has 2 aromatic carbocycles. The van der Waals surface area contributed by atoms with E-state index in [0.717, 1.165) is 18.6 Å². The van der Waals surface area contributed by atoms with Crippen molar-refractivity contribution >= 4 is 22.4 Å². The maximum atomic E-state index is 12.4. The zero-order valence-electron chi connectivity index (χ0n) is 20.7. The van der Waals surface area contributed by atoms with E-state index in [1.54, 1.807) is 11.6 Å². The topological polar surface area (TPSA) is 76.5 Å². The Balaban J connectivity index is 0.00000304. The van der Waals surface area contributed by atoms with Crippen molar-refractivity contribution in [3.8, 4) is 5.75 Å². The molecular formula is C27H35ClN4O3S. The van der Waals surface area contributed by atoms with E-state index in [-0.39, 0.29) is 30.6 Å². The van der Waals surface area contributed by atoms with E-state index in [1.807, 2.05) is 6.07 Å². The lowest BCUT2D eigenvalue weighted by Crippen LogP contribution is -2.41. The van der Waals surface area contributed by atoms with Crippen LogP contribution in [0.1, 0.15) is 41.9 Å². The van der Waals surface area contributed by atoms with Gasteiger partial charge in [-0.3, -0.25) is 4.90 Å². The van der Waals surface area contributed by atoms with E-state index in [1.165, 1.54) is 61.6 Å². The number of imidazole rings is 1. The van der Waals surface area contributed by atoms with Crippen LogP contribution in [0.3, 0.4) is 0 Å². The van der Waals surface area contributed by atoms with Gasteiger partial charge in [0, 0.05) is 31.7 Å². The number of ether oxygens (including phenoxy) is 1. The molecule has 2 unspecified atom stereocenters. The van der Waals surface area contributed by atoms with E-state index < -0.39 is 10.0 Å². The van der Waals surface area contributed by atoms with Crippen LogP contribution in [0.25, 0.3) is 0 Å². The Kier molecular flexibility index (Phi) is 8.72. The number of sulfonamides is 1. The normalized spacial score (nSPS) is 20.0. The molecule has 2 heterocycles. The summed E-state index contributed by atoms with van der Waals surface area (Å²) in [5, 5.41) is 0.0190. The first-order valence-electron chi connectivity index (χ1n) is 12.5. The second-order valence-corrected chi connectivity index (χ2v) is 11.3. The van der Waals surface area contributed by atoms with Gasteiger partial charge in [-0.15, -0.1) is 12.4 Å². The Morgan fingerprint density at radius 1 is 1.11 bits per heavy atom. The molecule has 1 aliphatic heterocycles. The molecular weight excluding hydrogens is 496 g/mol. The van der Waals surface area contributed by atoms with Crippen LogP contribution in [0.15, 0.2) is 66.1 Å². The summed E-state index contributed by atoms with van der Waals surface area (Å²) in [6.45, 7) is 2.82. The van der Waals surface area contributed by atoms with Crippen molar-refractivity contribution in [2.24, 2.45) is 7.05 Å². The van der Waals surface area contributed by atoms with Gasteiger partial charge in [-0.05, 0) is 74.0 Å². The number of rotatable bonds is 9. The van der Waals surface area contributed by atoms with Crippen LogP contribution in [0.2, 0.25) is 0 Å². The van der Waals surface area contributed by atoms with Crippen LogP contribution < -0.4 is 9.46 Å². The van der Waals surface area contributed by atoms with Gasteiger partial charge in [-0.25, -0.2) is 18.1 Å². The maximum Gasteiger partial charge on any atom is 0.259 e. The molecule has 3 aromatic rings. The van der Waals surface area contributed by atoms with E-state index in [9.17, 15) is 8.42 Å². The second kappa shape index (κ2) is 11.8. The third-order valence-electron chi connectivity index (χ3n) is 7.22. The zero-order valence-corrected chi connectivity index (χ0v) is 22.3. The summed E-state index contributed by atoms with van der Waals surface area (Å²) in [6, 6.07) is 17.7. The lowest BCUT2D eigenvalue weighted by Gasteiger charge is -2.39. The van der Waals surface area contributed by atoms with Gasteiger partial charge in [-0.1, -0.05) is 36.4 Å². The maximum absolute atomic E-state index is 12.4. The summed E-state index contributed by atoms with van der Waals surface area (Å²) in [7, 11) is -1.90. The monoisotopic (exact) mass is 530 g/mol. The molecule has 0 radical (unpaired) electrons. The average Bonchev–Trinajstić information content (AvgIpc) is 3.55. The summed E-state index contributed by atoms with van der Waals surface area (Å²) >= 11 is 0. The first kappa shape index (κ1) is 26.7. The van der Waals surface area contributed by atoms with E-state index in [4.69, 9.17) is 4.74 Å². The van der Waals surface area contributed by atoms with Gasteiger partial charge in [0.2, 0.25) is 0 Å². The van der Waals surface area contributed by atoms with Crippen molar-refractivity contribution in [1.82, 2.24) is 19.2 Å². The van der Waals surface area contributed by atoms with Gasteiger partial charge in [0.25, 0.3) is 10.0 Å². The van der Waals surface area contributed by atoms with Crippen molar-refractivity contribution in [3.05, 3.63) is 77.7 Å². The molecule has 1 aliphatic carbocycles. The first-order chi connectivity index (χ1) is 17.0. The highest BCUT2D eigenvalue weighted by molar-refractivity contribution is 7.89. The number of aromatic nitrogens is 2. The predicted molar refractivity (Wildman–Crippen MR) is 143 cm³/mol. The molecule has 7 nitrogen and oxygen atoms in total. The molecule has 1 saturated heterocycles. The summed E-state index contributed by atoms with van der Waals surface area (Å²) < 4.78 is 34.9. The fourth-order valence-electron chi connectivity index (χ4n) is 5.52. The molecule has 1 aromatic heterocycles. The van der Waals surface area contributed by atoms with E-state index >= 15 is 0 Å². The number of hydrogen-bond donors (Lipinski definition) is 1. The Bertz CT molecular complexity index is 1240. The van der Waals surface area contributed by atoms with Gasteiger partial charge < -0.3 is 9.30 Å². The van der Waals surface area contributed by atoms with Gasteiger partial charge in [0.15, 0.2) is 5.03 Å². The second-order valence-electron chi connectivity index (χ2n) is 9.63. The summed E-state index contributed by atoms with van der Waals surface area (Å²) in [6.07, 6.45) is 8.84. The van der Waals surface area contributed by atoms with Crippen LogP contribution in [-0.2, 0) is 29.9 Å². The van der Waals surface area contributed by atoms with Crippen LogP contribution in [-0.4, -0.2) is 55.2 Å². The largest absolute Gasteiger partial charge is 0.492 e. The molecule has 2 atom stereocenters. The summed E-state index contributed by atoms with van der Waals surface area (Å²) in [5.41, 5.74) is 4.15. The SMILES string of the molecule is Cl.Cn1cnc(S(=O)(=O)NCCOc2ccc3c(c2)C(Cc2ccccc2)C(N2CCCC2)CC3)c1. The Labute approximate surface area is 220 Å². The first-order valence-corrected chi connectivity index (χ1v) is 14.0. The average molecular weight is 531 g/mol. The number of likely N-dealkylation sites (tertiary alicyclic amines) is 1. The minimum Gasteiger partial charge on any atom is -0.492 e. The van der Waals surface area contributed by atoms with Crippen LogP contribution >= 0.6 is 12.4 Å². The molecule has 1 fully saturated rings. The highest BCUT2D eigenvalue weighted by atomic mass is 35.5. The smallest absolute Gasteiger partial charge is 0.259 e. The fraction of sp³-hybridized carbons (Fsp3) is 0.444. The number of fused-ring (bicyclic) bond motifs is 1. The number of nitrogens with one attached hydrogen (secondary N) is 1. The van der Waals surface area contributed by atoms with Crippen molar-refractivity contribution in [2.45, 2.75) is 49.1 Å². The highest BCUT2D eigenvalue weighted by Gasteiger charge is 2.35. The van der Waals surface area contributed by atoms with Gasteiger partial charge in [0.1, 0.15) is 12.4 Å². The van der Waals surface area contributed by atoms with E-state index in [0.29, 0.717) is 12.0 Å². The highest BCUT2D eigenvalue weighted by Crippen LogP contribution is 2.40. The fourth-order valence-corrected chi connectivity index (χ4v) is 6.51. The van der Waals surface area contributed by atoms with Crippen LogP contribution in [0.5, 0.6) is 5.75 Å². The molecule has 0 bridgehead atoms. The van der Waals surface area contributed by atoms with Crippen LogP contribution in [0.4, 0.5) is 0 Å². The van der Waals surface area contributed by atoms with Gasteiger partial charge in [-0.2, -0.15) is 0 Å². The van der Waals surface area contributed by atoms with Crippen molar-refractivity contribution in [2.75, 3.05) is 26.2 Å². The number of nitrogens with zero attached hydrogens (tertiary/aromatic N) is 3. The lowest BCUT2D eigenvalue weighted by atomic mass is 9.75. The third kappa shape index (κ3) is 6.11. The number of halogens is 1. The molecule has 0 amide bonds. The molecule has 0 spiro atoms. The van der Waals surface area contributed by atoms with Gasteiger partial charge in [0.05, 0.1) is 6.33 Å². The lowest BCUT2D eigenvalue weighted by molar-refractivity contribution is 0.188. The number of aryl methyl sites for hydroxylation is 2. The molecule has 2 aliphatic rings. The standard InChI is InChI=1S/C27H34N4O3S.ClH/c1-30-19-27(28-20-30)35(32,33)29-13-16-34-23-11-9-22-10-12-26(31-14-5-6-15-31)25(24(22)18-23)17-21-7-3-2-4-8-21;/h2-4,7-9,11,18-20,25-26,29H,5-6,10,12-17H2,1H3;1H.